The van der Waals surface area contributed by atoms with Gasteiger partial charge in [-0.1, -0.05) is 13.8 Å². The van der Waals surface area contributed by atoms with Crippen LogP contribution in [0.15, 0.2) is 23.1 Å². The van der Waals surface area contributed by atoms with E-state index in [0.29, 0.717) is 19.1 Å². The van der Waals surface area contributed by atoms with Gasteiger partial charge < -0.3 is 9.47 Å². The van der Waals surface area contributed by atoms with Gasteiger partial charge in [0.1, 0.15) is 12.4 Å². The van der Waals surface area contributed by atoms with E-state index in [1.165, 1.54) is 5.56 Å². The van der Waals surface area contributed by atoms with E-state index in [2.05, 4.69) is 32.5 Å². The molecule has 1 rings (SSSR count). The first-order chi connectivity index (χ1) is 7.65. The normalized spacial score (nSPS) is 10.8. The van der Waals surface area contributed by atoms with Crippen molar-refractivity contribution in [1.29, 1.82) is 0 Å². The van der Waals surface area contributed by atoms with Crippen molar-refractivity contribution in [3.05, 3.63) is 23.8 Å². The lowest BCUT2D eigenvalue weighted by atomic mass is 10.0. The van der Waals surface area contributed by atoms with E-state index in [0.717, 1.165) is 17.3 Å². The second-order valence-corrected chi connectivity index (χ2v) is 4.44. The van der Waals surface area contributed by atoms with Crippen molar-refractivity contribution >= 4 is 12.6 Å². The topological polar surface area (TPSA) is 18.5 Å². The summed E-state index contributed by atoms with van der Waals surface area (Å²) in [5, 5.41) is 0. The molecule has 0 aliphatic heterocycles. The molecule has 0 saturated heterocycles. The number of benzene rings is 1. The van der Waals surface area contributed by atoms with Gasteiger partial charge in [0, 0.05) is 11.5 Å². The molecular formula is C13H20O2S. The summed E-state index contributed by atoms with van der Waals surface area (Å²) in [6, 6.07) is 5.98. The predicted molar refractivity (Wildman–Crippen MR) is 69.8 cm³/mol. The molecule has 0 atom stereocenters. The van der Waals surface area contributed by atoms with E-state index in [1.807, 2.05) is 19.1 Å². The molecule has 0 saturated carbocycles. The highest BCUT2D eigenvalue weighted by Gasteiger charge is 2.08. The van der Waals surface area contributed by atoms with Crippen LogP contribution in [-0.2, 0) is 4.74 Å². The summed E-state index contributed by atoms with van der Waals surface area (Å²) in [7, 11) is 0. The zero-order chi connectivity index (χ0) is 12.0. The van der Waals surface area contributed by atoms with Crippen LogP contribution in [0.1, 0.15) is 32.3 Å². The second kappa shape index (κ2) is 6.81. The van der Waals surface area contributed by atoms with E-state index in [4.69, 9.17) is 9.47 Å². The van der Waals surface area contributed by atoms with Gasteiger partial charge in [-0.05, 0) is 36.6 Å². The second-order valence-electron chi connectivity index (χ2n) is 3.92. The van der Waals surface area contributed by atoms with Gasteiger partial charge in [-0.2, -0.15) is 0 Å². The first-order valence-corrected chi connectivity index (χ1v) is 6.13. The molecule has 1 aromatic rings. The van der Waals surface area contributed by atoms with Crippen molar-refractivity contribution in [2.24, 2.45) is 0 Å². The standard InChI is InChI=1S/C13H20O2S/c1-4-14-7-8-15-13-6-5-11(16)9-12(13)10(2)3/h5-6,9-10,16H,4,7-8H2,1-3H3. The molecule has 1 aromatic carbocycles. The van der Waals surface area contributed by atoms with Gasteiger partial charge in [0.25, 0.3) is 0 Å². The maximum atomic E-state index is 5.70. The lowest BCUT2D eigenvalue weighted by Gasteiger charge is -2.14. The summed E-state index contributed by atoms with van der Waals surface area (Å²) in [6.07, 6.45) is 0. The lowest BCUT2D eigenvalue weighted by molar-refractivity contribution is 0.109. The Kier molecular flexibility index (Phi) is 5.71. The quantitative estimate of drug-likeness (QED) is 0.606. The highest BCUT2D eigenvalue weighted by molar-refractivity contribution is 7.80. The number of thiol groups is 1. The highest BCUT2D eigenvalue weighted by Crippen LogP contribution is 2.28. The maximum absolute atomic E-state index is 5.70. The molecule has 0 spiro atoms. The van der Waals surface area contributed by atoms with Crippen LogP contribution in [0, 0.1) is 0 Å². The summed E-state index contributed by atoms with van der Waals surface area (Å²) in [6.45, 7) is 8.25. The Balaban J connectivity index is 2.64. The van der Waals surface area contributed by atoms with E-state index in [1.54, 1.807) is 0 Å². The summed E-state index contributed by atoms with van der Waals surface area (Å²) < 4.78 is 10.9. The van der Waals surface area contributed by atoms with E-state index in [9.17, 15) is 0 Å². The van der Waals surface area contributed by atoms with E-state index >= 15 is 0 Å². The molecule has 16 heavy (non-hydrogen) atoms. The summed E-state index contributed by atoms with van der Waals surface area (Å²) >= 11 is 4.34. The third-order valence-corrected chi connectivity index (χ3v) is 2.58. The van der Waals surface area contributed by atoms with Crippen molar-refractivity contribution in [2.45, 2.75) is 31.6 Å². The van der Waals surface area contributed by atoms with Gasteiger partial charge in [0.15, 0.2) is 0 Å². The van der Waals surface area contributed by atoms with Gasteiger partial charge in [0.2, 0.25) is 0 Å². The molecule has 90 valence electrons. The number of hydrogen-bond acceptors (Lipinski definition) is 3. The third kappa shape index (κ3) is 4.06. The lowest BCUT2D eigenvalue weighted by Crippen LogP contribution is -2.08. The SMILES string of the molecule is CCOCCOc1ccc(S)cc1C(C)C. The minimum absolute atomic E-state index is 0.439. The zero-order valence-electron chi connectivity index (χ0n) is 10.2. The van der Waals surface area contributed by atoms with Crippen LogP contribution in [0.3, 0.4) is 0 Å². The van der Waals surface area contributed by atoms with Crippen molar-refractivity contribution in [1.82, 2.24) is 0 Å². The zero-order valence-corrected chi connectivity index (χ0v) is 11.1. The van der Waals surface area contributed by atoms with Crippen LogP contribution >= 0.6 is 12.6 Å². The Morgan fingerprint density at radius 3 is 2.62 bits per heavy atom. The summed E-state index contributed by atoms with van der Waals surface area (Å²) in [4.78, 5) is 0.973. The molecule has 0 aliphatic rings. The minimum atomic E-state index is 0.439. The molecule has 0 unspecified atom stereocenters. The smallest absolute Gasteiger partial charge is 0.122 e. The fourth-order valence-corrected chi connectivity index (χ4v) is 1.69. The first-order valence-electron chi connectivity index (χ1n) is 5.68. The average Bonchev–Trinajstić information content (AvgIpc) is 2.26. The van der Waals surface area contributed by atoms with E-state index in [-0.39, 0.29) is 0 Å². The van der Waals surface area contributed by atoms with Crippen LogP contribution in [0.2, 0.25) is 0 Å². The van der Waals surface area contributed by atoms with Crippen LogP contribution < -0.4 is 4.74 Å². The van der Waals surface area contributed by atoms with Crippen LogP contribution in [0.4, 0.5) is 0 Å². The molecule has 0 aromatic heterocycles. The number of rotatable bonds is 6. The van der Waals surface area contributed by atoms with Crippen molar-refractivity contribution in [3.63, 3.8) is 0 Å². The third-order valence-electron chi connectivity index (χ3n) is 2.30. The summed E-state index contributed by atoms with van der Waals surface area (Å²) in [5.41, 5.74) is 1.20. The molecule has 2 nitrogen and oxygen atoms in total. The summed E-state index contributed by atoms with van der Waals surface area (Å²) in [5.74, 6) is 1.38. The van der Waals surface area contributed by atoms with Gasteiger partial charge >= 0.3 is 0 Å². The molecule has 0 aliphatic carbocycles. The van der Waals surface area contributed by atoms with Gasteiger partial charge in [0.05, 0.1) is 6.61 Å². The molecule has 0 N–H and O–H groups in total. The predicted octanol–water partition coefficient (Wildman–Crippen LogP) is 3.51. The Bertz CT molecular complexity index is 324. The number of ether oxygens (including phenoxy) is 2. The Hall–Kier alpha value is -0.670. The Morgan fingerprint density at radius 2 is 2.00 bits per heavy atom. The average molecular weight is 240 g/mol. The number of hydrogen-bond donors (Lipinski definition) is 1. The van der Waals surface area contributed by atoms with Crippen molar-refractivity contribution < 1.29 is 9.47 Å². The van der Waals surface area contributed by atoms with Crippen LogP contribution in [0.5, 0.6) is 5.75 Å². The fourth-order valence-electron chi connectivity index (χ4n) is 1.47. The monoisotopic (exact) mass is 240 g/mol. The molecular weight excluding hydrogens is 220 g/mol. The largest absolute Gasteiger partial charge is 0.491 e. The molecule has 0 bridgehead atoms. The van der Waals surface area contributed by atoms with E-state index < -0.39 is 0 Å². The minimum Gasteiger partial charge on any atom is -0.491 e. The molecule has 0 fully saturated rings. The molecule has 0 amide bonds. The maximum Gasteiger partial charge on any atom is 0.122 e. The van der Waals surface area contributed by atoms with Gasteiger partial charge in [-0.3, -0.25) is 0 Å². The Morgan fingerprint density at radius 1 is 1.25 bits per heavy atom. The molecule has 3 heteroatoms. The van der Waals surface area contributed by atoms with Crippen LogP contribution in [0.25, 0.3) is 0 Å². The van der Waals surface area contributed by atoms with Gasteiger partial charge in [-0.25, -0.2) is 0 Å². The van der Waals surface area contributed by atoms with Gasteiger partial charge in [-0.15, -0.1) is 12.6 Å². The van der Waals surface area contributed by atoms with Crippen molar-refractivity contribution in [2.75, 3.05) is 19.8 Å². The fraction of sp³-hybridized carbons (Fsp3) is 0.538. The highest BCUT2D eigenvalue weighted by atomic mass is 32.1. The molecule has 0 heterocycles. The van der Waals surface area contributed by atoms with Crippen molar-refractivity contribution in [3.8, 4) is 5.75 Å². The first kappa shape index (κ1) is 13.4. The molecule has 0 radical (unpaired) electrons. The van der Waals surface area contributed by atoms with Crippen LogP contribution in [-0.4, -0.2) is 19.8 Å². The Labute approximate surface area is 103 Å².